The predicted octanol–water partition coefficient (Wildman–Crippen LogP) is 0.995. The Morgan fingerprint density at radius 2 is 2.17 bits per heavy atom. The Bertz CT molecular complexity index is 390. The lowest BCUT2D eigenvalue weighted by Gasteiger charge is -2.35. The molecule has 2 aliphatic rings. The van der Waals surface area contributed by atoms with Gasteiger partial charge in [0.25, 0.3) is 0 Å². The van der Waals surface area contributed by atoms with Crippen LogP contribution in [0.1, 0.15) is 24.8 Å². The van der Waals surface area contributed by atoms with Crippen LogP contribution >= 0.6 is 0 Å². The van der Waals surface area contributed by atoms with Crippen molar-refractivity contribution >= 4 is 0 Å². The molecule has 0 aliphatic carbocycles. The van der Waals surface area contributed by atoms with E-state index < -0.39 is 0 Å². The lowest BCUT2D eigenvalue weighted by Crippen LogP contribution is -2.49. The zero-order valence-corrected chi connectivity index (χ0v) is 10.9. The van der Waals surface area contributed by atoms with Gasteiger partial charge in [0.15, 0.2) is 0 Å². The van der Waals surface area contributed by atoms with Gasteiger partial charge in [0, 0.05) is 44.1 Å². The Balaban J connectivity index is 1.65. The molecule has 0 aromatic carbocycles. The van der Waals surface area contributed by atoms with Crippen LogP contribution in [0, 0.1) is 0 Å². The number of nitrogens with zero attached hydrogens (tertiary/aromatic N) is 3. The SMILES string of the molecule is NC1(c2cccnc2)CCCN1CCCN1CC1. The van der Waals surface area contributed by atoms with E-state index >= 15 is 0 Å². The fourth-order valence-electron chi connectivity index (χ4n) is 2.93. The first-order chi connectivity index (χ1) is 8.79. The van der Waals surface area contributed by atoms with Crippen molar-refractivity contribution in [3.63, 3.8) is 0 Å². The molecule has 3 rings (SSSR count). The first kappa shape index (κ1) is 12.1. The second-order valence-electron chi connectivity index (χ2n) is 5.45. The maximum absolute atomic E-state index is 6.63. The zero-order valence-electron chi connectivity index (χ0n) is 10.9. The summed E-state index contributed by atoms with van der Waals surface area (Å²) in [4.78, 5) is 9.12. The maximum Gasteiger partial charge on any atom is 0.0965 e. The zero-order chi connectivity index (χ0) is 12.4. The Hall–Kier alpha value is -0.970. The number of rotatable bonds is 5. The summed E-state index contributed by atoms with van der Waals surface area (Å²) >= 11 is 0. The van der Waals surface area contributed by atoms with Gasteiger partial charge in [-0.1, -0.05) is 6.07 Å². The van der Waals surface area contributed by atoms with Gasteiger partial charge in [-0.05, 0) is 31.9 Å². The summed E-state index contributed by atoms with van der Waals surface area (Å²) in [5.41, 5.74) is 7.51. The molecule has 0 amide bonds. The van der Waals surface area contributed by atoms with E-state index in [1.54, 1.807) is 0 Å². The molecule has 2 N–H and O–H groups in total. The summed E-state index contributed by atoms with van der Waals surface area (Å²) in [7, 11) is 0. The molecule has 3 heterocycles. The van der Waals surface area contributed by atoms with Gasteiger partial charge in [-0.3, -0.25) is 9.88 Å². The first-order valence-electron chi connectivity index (χ1n) is 6.96. The van der Waals surface area contributed by atoms with Crippen LogP contribution in [-0.4, -0.2) is 47.5 Å². The smallest absolute Gasteiger partial charge is 0.0965 e. The van der Waals surface area contributed by atoms with Gasteiger partial charge in [-0.15, -0.1) is 0 Å². The van der Waals surface area contributed by atoms with Crippen LogP contribution in [0.4, 0.5) is 0 Å². The van der Waals surface area contributed by atoms with Gasteiger partial charge in [-0.2, -0.15) is 0 Å². The average Bonchev–Trinajstić information content (AvgIpc) is 3.15. The normalized spacial score (nSPS) is 28.7. The van der Waals surface area contributed by atoms with Gasteiger partial charge in [0.1, 0.15) is 0 Å². The van der Waals surface area contributed by atoms with Crippen molar-refractivity contribution in [2.24, 2.45) is 5.73 Å². The van der Waals surface area contributed by atoms with Crippen LogP contribution in [0.3, 0.4) is 0 Å². The van der Waals surface area contributed by atoms with Crippen LogP contribution < -0.4 is 5.73 Å². The Morgan fingerprint density at radius 3 is 2.89 bits per heavy atom. The Kier molecular flexibility index (Phi) is 3.33. The number of pyridine rings is 1. The molecular formula is C14H22N4. The summed E-state index contributed by atoms with van der Waals surface area (Å²) in [6.45, 7) is 6.01. The van der Waals surface area contributed by atoms with Gasteiger partial charge in [0.2, 0.25) is 0 Å². The lowest BCUT2D eigenvalue weighted by molar-refractivity contribution is 0.139. The van der Waals surface area contributed by atoms with Gasteiger partial charge >= 0.3 is 0 Å². The number of nitrogens with two attached hydrogens (primary N) is 1. The van der Waals surface area contributed by atoms with E-state index in [1.165, 1.54) is 32.5 Å². The summed E-state index contributed by atoms with van der Waals surface area (Å²) in [6.07, 6.45) is 7.19. The molecule has 2 saturated heterocycles. The van der Waals surface area contributed by atoms with E-state index in [-0.39, 0.29) is 5.66 Å². The molecule has 1 unspecified atom stereocenters. The van der Waals surface area contributed by atoms with Gasteiger partial charge in [-0.25, -0.2) is 0 Å². The van der Waals surface area contributed by atoms with Crippen LogP contribution in [0.15, 0.2) is 24.5 Å². The molecule has 0 bridgehead atoms. The quantitative estimate of drug-likeness (QED) is 0.787. The molecule has 4 heteroatoms. The van der Waals surface area contributed by atoms with Crippen LogP contribution in [0.2, 0.25) is 0 Å². The lowest BCUT2D eigenvalue weighted by atomic mass is 9.99. The van der Waals surface area contributed by atoms with Crippen molar-refractivity contribution in [1.29, 1.82) is 0 Å². The highest BCUT2D eigenvalue weighted by atomic mass is 15.3. The van der Waals surface area contributed by atoms with Crippen LogP contribution in [-0.2, 0) is 5.66 Å². The second kappa shape index (κ2) is 4.96. The molecule has 1 atom stereocenters. The third-order valence-electron chi connectivity index (χ3n) is 4.15. The molecule has 0 spiro atoms. The van der Waals surface area contributed by atoms with Crippen molar-refractivity contribution in [3.8, 4) is 0 Å². The fourth-order valence-corrected chi connectivity index (χ4v) is 2.93. The maximum atomic E-state index is 6.63. The molecule has 2 aliphatic heterocycles. The predicted molar refractivity (Wildman–Crippen MR) is 72.0 cm³/mol. The molecule has 4 nitrogen and oxygen atoms in total. The molecule has 1 aromatic rings. The minimum absolute atomic E-state index is 0.285. The Labute approximate surface area is 109 Å². The molecule has 18 heavy (non-hydrogen) atoms. The summed E-state index contributed by atoms with van der Waals surface area (Å²) < 4.78 is 0. The highest BCUT2D eigenvalue weighted by Crippen LogP contribution is 2.33. The number of hydrogen-bond acceptors (Lipinski definition) is 4. The summed E-state index contributed by atoms with van der Waals surface area (Å²) in [5, 5.41) is 0. The monoisotopic (exact) mass is 246 g/mol. The van der Waals surface area contributed by atoms with E-state index in [0.29, 0.717) is 0 Å². The fraction of sp³-hybridized carbons (Fsp3) is 0.643. The molecule has 1 aromatic heterocycles. The van der Waals surface area contributed by atoms with Crippen molar-refractivity contribution in [2.75, 3.05) is 32.7 Å². The van der Waals surface area contributed by atoms with E-state index in [4.69, 9.17) is 5.73 Å². The standard InChI is InChI=1S/C14H22N4/c15-14(13-4-1-6-16-12-13)5-2-8-18(14)9-3-7-17-10-11-17/h1,4,6,12H,2-3,5,7-11,15H2. The topological polar surface area (TPSA) is 45.2 Å². The highest BCUT2D eigenvalue weighted by Gasteiger charge is 2.38. The highest BCUT2D eigenvalue weighted by molar-refractivity contribution is 5.20. The first-order valence-corrected chi connectivity index (χ1v) is 6.96. The Morgan fingerprint density at radius 1 is 1.28 bits per heavy atom. The minimum Gasteiger partial charge on any atom is -0.309 e. The molecule has 2 fully saturated rings. The third-order valence-corrected chi connectivity index (χ3v) is 4.15. The summed E-state index contributed by atoms with van der Waals surface area (Å²) in [6, 6.07) is 4.09. The van der Waals surface area contributed by atoms with Gasteiger partial charge in [0.05, 0.1) is 5.66 Å². The number of aromatic nitrogens is 1. The second-order valence-corrected chi connectivity index (χ2v) is 5.45. The third kappa shape index (κ3) is 2.41. The van der Waals surface area contributed by atoms with Crippen molar-refractivity contribution in [1.82, 2.24) is 14.8 Å². The van der Waals surface area contributed by atoms with E-state index in [0.717, 1.165) is 25.1 Å². The molecule has 0 radical (unpaired) electrons. The molecule has 98 valence electrons. The average molecular weight is 246 g/mol. The van der Waals surface area contributed by atoms with Crippen molar-refractivity contribution in [2.45, 2.75) is 24.9 Å². The number of likely N-dealkylation sites (tertiary alicyclic amines) is 1. The molecular weight excluding hydrogens is 224 g/mol. The van der Waals surface area contributed by atoms with Crippen LogP contribution in [0.5, 0.6) is 0 Å². The van der Waals surface area contributed by atoms with Crippen molar-refractivity contribution < 1.29 is 0 Å². The number of hydrogen-bond donors (Lipinski definition) is 1. The molecule has 0 saturated carbocycles. The van der Waals surface area contributed by atoms with E-state index in [2.05, 4.69) is 20.9 Å². The van der Waals surface area contributed by atoms with Crippen molar-refractivity contribution in [3.05, 3.63) is 30.1 Å². The van der Waals surface area contributed by atoms with Gasteiger partial charge < -0.3 is 10.6 Å². The summed E-state index contributed by atoms with van der Waals surface area (Å²) in [5.74, 6) is 0. The van der Waals surface area contributed by atoms with Crippen LogP contribution in [0.25, 0.3) is 0 Å². The largest absolute Gasteiger partial charge is 0.309 e. The van der Waals surface area contributed by atoms with E-state index in [1.807, 2.05) is 18.5 Å². The van der Waals surface area contributed by atoms with E-state index in [9.17, 15) is 0 Å². The minimum atomic E-state index is -0.285.